The van der Waals surface area contributed by atoms with Gasteiger partial charge >= 0.3 is 0 Å². The van der Waals surface area contributed by atoms with Crippen molar-refractivity contribution in [2.24, 2.45) is 5.92 Å². The van der Waals surface area contributed by atoms with E-state index in [1.54, 1.807) is 0 Å². The van der Waals surface area contributed by atoms with Crippen molar-refractivity contribution in [3.63, 3.8) is 0 Å². The van der Waals surface area contributed by atoms with Crippen LogP contribution in [-0.2, 0) is 4.74 Å². The second kappa shape index (κ2) is 4.45. The molecule has 2 aliphatic rings. The molecule has 17 heavy (non-hydrogen) atoms. The largest absolute Gasteiger partial charge is 0.374 e. The van der Waals surface area contributed by atoms with Crippen LogP contribution in [0.1, 0.15) is 50.5 Å². The molecule has 92 valence electrons. The molecule has 1 aromatic carbocycles. The van der Waals surface area contributed by atoms with Gasteiger partial charge in [-0.05, 0) is 24.3 Å². The first kappa shape index (κ1) is 11.3. The zero-order valence-corrected chi connectivity index (χ0v) is 10.7. The summed E-state index contributed by atoms with van der Waals surface area (Å²) in [6.45, 7) is 3.29. The van der Waals surface area contributed by atoms with Gasteiger partial charge in [0.1, 0.15) is 0 Å². The Morgan fingerprint density at radius 3 is 2.47 bits per heavy atom. The van der Waals surface area contributed by atoms with Gasteiger partial charge in [-0.3, -0.25) is 0 Å². The number of ether oxygens (including phenoxy) is 1. The highest BCUT2D eigenvalue weighted by Crippen LogP contribution is 2.50. The van der Waals surface area contributed by atoms with Gasteiger partial charge in [0.25, 0.3) is 0 Å². The van der Waals surface area contributed by atoms with Crippen molar-refractivity contribution in [1.82, 2.24) is 0 Å². The average molecular weight is 230 g/mol. The fraction of sp³-hybridized carbons (Fsp3) is 0.625. The predicted molar refractivity (Wildman–Crippen MR) is 70.1 cm³/mol. The maximum Gasteiger partial charge on any atom is 0.0754 e. The Morgan fingerprint density at radius 2 is 1.76 bits per heavy atom. The first-order valence-electron chi connectivity index (χ1n) is 7.01. The van der Waals surface area contributed by atoms with Crippen LogP contribution in [0.4, 0.5) is 0 Å². The Balaban J connectivity index is 1.94. The standard InChI is InChI=1S/C16H22O/c1-13-12-17-16(10-6-3-7-11-16)15(13)14-8-4-2-5-9-14/h2,4-5,8-9,13,15H,3,6-7,10-12H2,1H3. The van der Waals surface area contributed by atoms with Crippen molar-refractivity contribution in [2.75, 3.05) is 6.61 Å². The quantitative estimate of drug-likeness (QED) is 0.704. The van der Waals surface area contributed by atoms with Crippen LogP contribution in [0.2, 0.25) is 0 Å². The maximum absolute atomic E-state index is 6.26. The Labute approximate surface area is 104 Å². The summed E-state index contributed by atoms with van der Waals surface area (Å²) in [5, 5.41) is 0. The van der Waals surface area contributed by atoms with Crippen molar-refractivity contribution in [3.05, 3.63) is 35.9 Å². The summed E-state index contributed by atoms with van der Waals surface area (Å²) in [7, 11) is 0. The molecule has 0 bridgehead atoms. The molecule has 1 aromatic rings. The molecule has 1 nitrogen and oxygen atoms in total. The molecule has 2 fully saturated rings. The monoisotopic (exact) mass is 230 g/mol. The highest BCUT2D eigenvalue weighted by atomic mass is 16.5. The first-order chi connectivity index (χ1) is 8.32. The molecular weight excluding hydrogens is 208 g/mol. The molecule has 1 saturated heterocycles. The van der Waals surface area contributed by atoms with Crippen molar-refractivity contribution in [3.8, 4) is 0 Å². The molecule has 1 spiro atoms. The third-order valence-corrected chi connectivity index (χ3v) is 4.63. The van der Waals surface area contributed by atoms with Crippen molar-refractivity contribution in [2.45, 2.75) is 50.5 Å². The van der Waals surface area contributed by atoms with Crippen molar-refractivity contribution >= 4 is 0 Å². The average Bonchev–Trinajstić information content (AvgIpc) is 2.68. The fourth-order valence-corrected chi connectivity index (χ4v) is 3.90. The molecule has 0 amide bonds. The van der Waals surface area contributed by atoms with E-state index in [4.69, 9.17) is 4.74 Å². The Hall–Kier alpha value is -0.820. The fourth-order valence-electron chi connectivity index (χ4n) is 3.90. The Bertz CT molecular complexity index is 359. The Morgan fingerprint density at radius 1 is 1.06 bits per heavy atom. The van der Waals surface area contributed by atoms with E-state index in [0.29, 0.717) is 11.8 Å². The molecule has 0 N–H and O–H groups in total. The van der Waals surface area contributed by atoms with E-state index in [2.05, 4.69) is 37.3 Å². The topological polar surface area (TPSA) is 9.23 Å². The summed E-state index contributed by atoms with van der Waals surface area (Å²) in [6.07, 6.45) is 6.60. The van der Waals surface area contributed by atoms with Crippen LogP contribution in [-0.4, -0.2) is 12.2 Å². The number of hydrogen-bond donors (Lipinski definition) is 0. The molecule has 0 radical (unpaired) electrons. The SMILES string of the molecule is CC1COC2(CCCCC2)C1c1ccccc1. The zero-order chi connectivity index (χ0) is 11.7. The minimum absolute atomic E-state index is 0.166. The molecule has 1 heteroatoms. The minimum atomic E-state index is 0.166. The predicted octanol–water partition coefficient (Wildman–Crippen LogP) is 4.14. The summed E-state index contributed by atoms with van der Waals surface area (Å²) in [5.74, 6) is 1.28. The maximum atomic E-state index is 6.26. The number of hydrogen-bond acceptors (Lipinski definition) is 1. The van der Waals surface area contributed by atoms with Gasteiger partial charge < -0.3 is 4.74 Å². The van der Waals surface area contributed by atoms with Crippen LogP contribution >= 0.6 is 0 Å². The summed E-state index contributed by atoms with van der Waals surface area (Å²) >= 11 is 0. The van der Waals surface area contributed by atoms with E-state index in [-0.39, 0.29) is 5.60 Å². The van der Waals surface area contributed by atoms with Gasteiger partial charge in [-0.2, -0.15) is 0 Å². The third-order valence-electron chi connectivity index (χ3n) is 4.63. The van der Waals surface area contributed by atoms with Crippen LogP contribution in [0.5, 0.6) is 0 Å². The molecule has 1 heterocycles. The van der Waals surface area contributed by atoms with Gasteiger partial charge in [0.2, 0.25) is 0 Å². The van der Waals surface area contributed by atoms with Crippen LogP contribution in [0, 0.1) is 5.92 Å². The van der Waals surface area contributed by atoms with Gasteiger partial charge in [-0.1, -0.05) is 56.5 Å². The van der Waals surface area contributed by atoms with Crippen molar-refractivity contribution < 1.29 is 4.74 Å². The number of rotatable bonds is 1. The zero-order valence-electron chi connectivity index (χ0n) is 10.7. The van der Waals surface area contributed by atoms with E-state index in [1.807, 2.05) is 0 Å². The lowest BCUT2D eigenvalue weighted by atomic mass is 9.70. The number of benzene rings is 1. The molecule has 2 unspecified atom stereocenters. The van der Waals surface area contributed by atoms with Crippen molar-refractivity contribution in [1.29, 1.82) is 0 Å². The van der Waals surface area contributed by atoms with E-state index in [1.165, 1.54) is 37.7 Å². The lowest BCUT2D eigenvalue weighted by Gasteiger charge is -2.39. The van der Waals surface area contributed by atoms with Crippen LogP contribution in [0.3, 0.4) is 0 Å². The van der Waals surface area contributed by atoms with Gasteiger partial charge in [-0.15, -0.1) is 0 Å². The van der Waals surface area contributed by atoms with E-state index < -0.39 is 0 Å². The van der Waals surface area contributed by atoms with Gasteiger partial charge in [0.05, 0.1) is 12.2 Å². The molecule has 1 aliphatic carbocycles. The minimum Gasteiger partial charge on any atom is -0.374 e. The van der Waals surface area contributed by atoms with Crippen LogP contribution in [0.25, 0.3) is 0 Å². The molecular formula is C16H22O. The highest BCUT2D eigenvalue weighted by Gasteiger charge is 2.48. The lowest BCUT2D eigenvalue weighted by Crippen LogP contribution is -2.37. The summed E-state index contributed by atoms with van der Waals surface area (Å²) in [6, 6.07) is 11.0. The van der Waals surface area contributed by atoms with Crippen LogP contribution < -0.4 is 0 Å². The van der Waals surface area contributed by atoms with Gasteiger partial charge in [0.15, 0.2) is 0 Å². The summed E-state index contributed by atoms with van der Waals surface area (Å²) in [4.78, 5) is 0. The van der Waals surface area contributed by atoms with Gasteiger partial charge in [0, 0.05) is 5.92 Å². The smallest absolute Gasteiger partial charge is 0.0754 e. The normalized spacial score (nSPS) is 31.8. The van der Waals surface area contributed by atoms with E-state index in [9.17, 15) is 0 Å². The molecule has 3 rings (SSSR count). The third kappa shape index (κ3) is 1.91. The van der Waals surface area contributed by atoms with Gasteiger partial charge in [-0.25, -0.2) is 0 Å². The summed E-state index contributed by atoms with van der Waals surface area (Å²) in [5.41, 5.74) is 1.65. The highest BCUT2D eigenvalue weighted by molar-refractivity contribution is 5.26. The second-order valence-electron chi connectivity index (χ2n) is 5.80. The first-order valence-corrected chi connectivity index (χ1v) is 7.01. The molecule has 1 saturated carbocycles. The second-order valence-corrected chi connectivity index (χ2v) is 5.80. The van der Waals surface area contributed by atoms with E-state index in [0.717, 1.165) is 6.61 Å². The lowest BCUT2D eigenvalue weighted by molar-refractivity contribution is -0.0341. The summed E-state index contributed by atoms with van der Waals surface area (Å²) < 4.78 is 6.26. The molecule has 0 aromatic heterocycles. The van der Waals surface area contributed by atoms with Crippen LogP contribution in [0.15, 0.2) is 30.3 Å². The van der Waals surface area contributed by atoms with E-state index >= 15 is 0 Å². The molecule has 1 aliphatic heterocycles. The Kier molecular flexibility index (Phi) is 2.96. The molecule has 2 atom stereocenters.